The Hall–Kier alpha value is -1.78. The van der Waals surface area contributed by atoms with Crippen LogP contribution in [0.4, 0.5) is 0 Å². The fraction of sp³-hybridized carbons (Fsp3) is 0.625. The van der Waals surface area contributed by atoms with Gasteiger partial charge in [-0.3, -0.25) is 4.79 Å². The number of carbonyl (C=O) groups excluding carboxylic acids is 1. The van der Waals surface area contributed by atoms with E-state index >= 15 is 0 Å². The summed E-state index contributed by atoms with van der Waals surface area (Å²) in [6, 6.07) is 0.995. The van der Waals surface area contributed by atoms with E-state index in [1.54, 1.807) is 11.0 Å². The SMILES string of the molecule is CCCc1occc1C(=O)N1C[C@@H]2CCC[C@H]2[C@@H]1C(=O)O. The number of furan rings is 1. The third-order valence-corrected chi connectivity index (χ3v) is 4.86. The van der Waals surface area contributed by atoms with Crippen molar-refractivity contribution in [1.82, 2.24) is 4.90 Å². The van der Waals surface area contributed by atoms with Crippen LogP contribution in [0.15, 0.2) is 16.7 Å². The van der Waals surface area contributed by atoms with Gasteiger partial charge in [0.25, 0.3) is 5.91 Å². The molecule has 1 aromatic rings. The van der Waals surface area contributed by atoms with Crippen LogP contribution in [0.5, 0.6) is 0 Å². The average molecular weight is 291 g/mol. The van der Waals surface area contributed by atoms with Crippen molar-refractivity contribution < 1.29 is 19.1 Å². The molecular formula is C16H21NO4. The van der Waals surface area contributed by atoms with Crippen LogP contribution < -0.4 is 0 Å². The third kappa shape index (κ3) is 2.34. The average Bonchev–Trinajstić information content (AvgIpc) is 3.11. The zero-order chi connectivity index (χ0) is 15.0. The molecule has 1 aliphatic carbocycles. The van der Waals surface area contributed by atoms with Crippen molar-refractivity contribution in [2.45, 2.75) is 45.1 Å². The van der Waals surface area contributed by atoms with Crippen LogP contribution in [0.2, 0.25) is 0 Å². The summed E-state index contributed by atoms with van der Waals surface area (Å²) in [7, 11) is 0. The van der Waals surface area contributed by atoms with E-state index in [1.165, 1.54) is 6.26 Å². The lowest BCUT2D eigenvalue weighted by Gasteiger charge is -2.24. The molecule has 1 saturated heterocycles. The second kappa shape index (κ2) is 5.54. The van der Waals surface area contributed by atoms with Crippen LogP contribution in [0.1, 0.15) is 48.7 Å². The Morgan fingerprint density at radius 1 is 1.43 bits per heavy atom. The van der Waals surface area contributed by atoms with Crippen molar-refractivity contribution in [1.29, 1.82) is 0 Å². The minimum atomic E-state index is -0.877. The van der Waals surface area contributed by atoms with Crippen molar-refractivity contribution in [3.63, 3.8) is 0 Å². The highest BCUT2D eigenvalue weighted by molar-refractivity contribution is 5.98. The maximum absolute atomic E-state index is 12.8. The number of likely N-dealkylation sites (tertiary alicyclic amines) is 1. The first-order valence-electron chi connectivity index (χ1n) is 7.73. The van der Waals surface area contributed by atoms with Crippen molar-refractivity contribution in [2.24, 2.45) is 11.8 Å². The highest BCUT2D eigenvalue weighted by Gasteiger charge is 2.49. The standard InChI is InChI=1S/C16H21NO4/c1-2-4-13-12(7-8-21-13)15(18)17-9-10-5-3-6-11(10)14(17)16(19)20/h7-8,10-11,14H,2-6,9H2,1H3,(H,19,20)/t10-,11+,14+/m0/s1. The summed E-state index contributed by atoms with van der Waals surface area (Å²) in [6.45, 7) is 2.59. The van der Waals surface area contributed by atoms with E-state index in [0.717, 1.165) is 25.7 Å². The summed E-state index contributed by atoms with van der Waals surface area (Å²) >= 11 is 0. The molecule has 3 atom stereocenters. The molecule has 1 N–H and O–H groups in total. The summed E-state index contributed by atoms with van der Waals surface area (Å²) in [5.41, 5.74) is 0.531. The van der Waals surface area contributed by atoms with Crippen molar-refractivity contribution >= 4 is 11.9 Å². The van der Waals surface area contributed by atoms with E-state index in [-0.39, 0.29) is 11.8 Å². The summed E-state index contributed by atoms with van der Waals surface area (Å²) in [4.78, 5) is 25.9. The van der Waals surface area contributed by atoms with E-state index in [1.807, 2.05) is 6.92 Å². The highest BCUT2D eigenvalue weighted by Crippen LogP contribution is 2.42. The maximum Gasteiger partial charge on any atom is 0.326 e. The molecule has 0 unspecified atom stereocenters. The number of aryl methyl sites for hydroxylation is 1. The number of nitrogens with zero attached hydrogens (tertiary/aromatic N) is 1. The second-order valence-electron chi connectivity index (χ2n) is 6.10. The minimum Gasteiger partial charge on any atom is -0.480 e. The fourth-order valence-electron chi connectivity index (χ4n) is 3.94. The molecule has 2 heterocycles. The quantitative estimate of drug-likeness (QED) is 0.925. The molecular weight excluding hydrogens is 270 g/mol. The molecule has 21 heavy (non-hydrogen) atoms. The van der Waals surface area contributed by atoms with Gasteiger partial charge in [0.2, 0.25) is 0 Å². The number of rotatable bonds is 4. The maximum atomic E-state index is 12.8. The van der Waals surface area contributed by atoms with Crippen molar-refractivity contribution in [2.75, 3.05) is 6.54 Å². The van der Waals surface area contributed by atoms with Crippen LogP contribution in [0.25, 0.3) is 0 Å². The van der Waals surface area contributed by atoms with Crippen LogP contribution in [0.3, 0.4) is 0 Å². The molecule has 114 valence electrons. The number of amides is 1. The van der Waals surface area contributed by atoms with Gasteiger partial charge in [-0.1, -0.05) is 13.3 Å². The number of carboxylic acid groups (broad SMARTS) is 1. The van der Waals surface area contributed by atoms with Gasteiger partial charge >= 0.3 is 5.97 Å². The number of aliphatic carboxylic acids is 1. The molecule has 5 heteroatoms. The summed E-state index contributed by atoms with van der Waals surface area (Å²) in [6.07, 6.45) is 6.14. The smallest absolute Gasteiger partial charge is 0.326 e. The summed E-state index contributed by atoms with van der Waals surface area (Å²) < 4.78 is 5.38. The monoisotopic (exact) mass is 291 g/mol. The normalized spacial score (nSPS) is 27.9. The van der Waals surface area contributed by atoms with Gasteiger partial charge in [0.1, 0.15) is 11.8 Å². The Balaban J connectivity index is 1.86. The van der Waals surface area contributed by atoms with Gasteiger partial charge in [0.15, 0.2) is 0 Å². The topological polar surface area (TPSA) is 70.8 Å². The largest absolute Gasteiger partial charge is 0.480 e. The van der Waals surface area contributed by atoms with Crippen LogP contribution in [-0.2, 0) is 11.2 Å². The van der Waals surface area contributed by atoms with E-state index in [2.05, 4.69) is 0 Å². The lowest BCUT2D eigenvalue weighted by Crippen LogP contribution is -2.43. The number of hydrogen-bond donors (Lipinski definition) is 1. The Bertz CT molecular complexity index is 550. The first kappa shape index (κ1) is 14.2. The Morgan fingerprint density at radius 2 is 2.24 bits per heavy atom. The van der Waals surface area contributed by atoms with Crippen molar-refractivity contribution in [3.05, 3.63) is 23.7 Å². The Morgan fingerprint density at radius 3 is 2.95 bits per heavy atom. The Kier molecular flexibility index (Phi) is 3.74. The molecule has 5 nitrogen and oxygen atoms in total. The molecule has 0 spiro atoms. The van der Waals surface area contributed by atoms with Gasteiger partial charge in [0, 0.05) is 13.0 Å². The Labute approximate surface area is 123 Å². The number of hydrogen-bond acceptors (Lipinski definition) is 3. The van der Waals surface area contributed by atoms with Crippen LogP contribution >= 0.6 is 0 Å². The molecule has 0 aromatic carbocycles. The van der Waals surface area contributed by atoms with Crippen LogP contribution in [-0.4, -0.2) is 34.5 Å². The molecule has 1 aromatic heterocycles. The third-order valence-electron chi connectivity index (χ3n) is 4.86. The number of fused-ring (bicyclic) bond motifs is 1. The molecule has 0 bridgehead atoms. The highest BCUT2D eigenvalue weighted by atomic mass is 16.4. The van der Waals surface area contributed by atoms with Gasteiger partial charge in [0.05, 0.1) is 11.8 Å². The fourth-order valence-corrected chi connectivity index (χ4v) is 3.94. The lowest BCUT2D eigenvalue weighted by molar-refractivity contribution is -0.142. The van der Waals surface area contributed by atoms with E-state index in [9.17, 15) is 14.7 Å². The molecule has 1 amide bonds. The van der Waals surface area contributed by atoms with Crippen molar-refractivity contribution in [3.8, 4) is 0 Å². The first-order chi connectivity index (χ1) is 10.1. The first-order valence-corrected chi connectivity index (χ1v) is 7.73. The molecule has 0 radical (unpaired) electrons. The van der Waals surface area contributed by atoms with E-state index < -0.39 is 12.0 Å². The second-order valence-corrected chi connectivity index (χ2v) is 6.10. The number of carbonyl (C=O) groups is 2. The lowest BCUT2D eigenvalue weighted by atomic mass is 9.94. The van der Waals surface area contributed by atoms with Gasteiger partial charge in [-0.2, -0.15) is 0 Å². The molecule has 1 aliphatic heterocycles. The molecule has 2 fully saturated rings. The van der Waals surface area contributed by atoms with Gasteiger partial charge < -0.3 is 14.4 Å². The van der Waals surface area contributed by atoms with Gasteiger partial charge in [-0.15, -0.1) is 0 Å². The van der Waals surface area contributed by atoms with Gasteiger partial charge in [-0.25, -0.2) is 4.79 Å². The molecule has 3 rings (SSSR count). The summed E-state index contributed by atoms with van der Waals surface area (Å²) in [5.74, 6) is 0.0699. The van der Waals surface area contributed by atoms with E-state index in [4.69, 9.17) is 4.42 Å². The molecule has 1 saturated carbocycles. The molecule has 2 aliphatic rings. The van der Waals surface area contributed by atoms with Gasteiger partial charge in [-0.05, 0) is 37.2 Å². The predicted molar refractivity (Wildman–Crippen MR) is 76.0 cm³/mol. The zero-order valence-electron chi connectivity index (χ0n) is 12.2. The van der Waals surface area contributed by atoms with E-state index in [0.29, 0.717) is 30.2 Å². The zero-order valence-corrected chi connectivity index (χ0v) is 12.2. The number of carboxylic acids is 1. The predicted octanol–water partition coefficient (Wildman–Crippen LogP) is 2.56. The minimum absolute atomic E-state index is 0.118. The van der Waals surface area contributed by atoms with Crippen LogP contribution in [0, 0.1) is 11.8 Å². The summed E-state index contributed by atoms with van der Waals surface area (Å²) in [5, 5.41) is 9.53.